The van der Waals surface area contributed by atoms with Crippen LogP contribution < -0.4 is 10.9 Å². The van der Waals surface area contributed by atoms with Gasteiger partial charge in [0.2, 0.25) is 11.5 Å². The topological polar surface area (TPSA) is 82.3 Å². The average Bonchev–Trinajstić information content (AvgIpc) is 2.90. The van der Waals surface area contributed by atoms with Crippen molar-refractivity contribution in [1.82, 2.24) is 15.2 Å². The Morgan fingerprint density at radius 3 is 2.65 bits per heavy atom. The van der Waals surface area contributed by atoms with Crippen molar-refractivity contribution in [3.8, 4) is 0 Å². The molecule has 0 spiro atoms. The van der Waals surface area contributed by atoms with Gasteiger partial charge in [-0.05, 0) is 18.1 Å². The van der Waals surface area contributed by atoms with Crippen molar-refractivity contribution >= 4 is 11.8 Å². The van der Waals surface area contributed by atoms with Crippen LogP contribution in [0, 0.1) is 0 Å². The van der Waals surface area contributed by atoms with Crippen molar-refractivity contribution in [2.75, 3.05) is 6.54 Å². The molecule has 6 heteroatoms. The Balaban J connectivity index is 1.61. The average molecular weight is 311 g/mol. The van der Waals surface area contributed by atoms with Crippen LogP contribution in [-0.4, -0.2) is 34.3 Å². The Morgan fingerprint density at radius 1 is 1.17 bits per heavy atom. The third kappa shape index (κ3) is 3.48. The van der Waals surface area contributed by atoms with Crippen molar-refractivity contribution in [2.45, 2.75) is 19.0 Å². The Hall–Kier alpha value is -2.89. The number of hydrogen-bond donors (Lipinski definition) is 2. The smallest absolute Gasteiger partial charge is 0.253 e. The maximum absolute atomic E-state index is 12.4. The number of nitrogens with zero attached hydrogens (tertiary/aromatic N) is 1. The first-order chi connectivity index (χ1) is 11.1. The normalized spacial score (nSPS) is 17.3. The summed E-state index contributed by atoms with van der Waals surface area (Å²) in [5.41, 5.74) is 1.12. The molecule has 0 saturated carbocycles. The van der Waals surface area contributed by atoms with Crippen LogP contribution in [0.25, 0.3) is 0 Å². The summed E-state index contributed by atoms with van der Waals surface area (Å²) in [7, 11) is 0. The molecule has 1 fully saturated rings. The van der Waals surface area contributed by atoms with E-state index in [2.05, 4.69) is 10.3 Å². The van der Waals surface area contributed by atoms with Crippen LogP contribution in [0.5, 0.6) is 0 Å². The molecule has 118 valence electrons. The number of amides is 2. The minimum Gasteiger partial charge on any atom is -0.340 e. The zero-order chi connectivity index (χ0) is 16.2. The first-order valence-corrected chi connectivity index (χ1v) is 7.46. The second-order valence-corrected chi connectivity index (χ2v) is 5.50. The minimum absolute atomic E-state index is 0.0772. The number of aromatic nitrogens is 1. The molecule has 1 aromatic carbocycles. The minimum atomic E-state index is -0.516. The number of carbonyl (C=O) groups excluding carboxylic acids is 2. The van der Waals surface area contributed by atoms with Crippen LogP contribution in [-0.2, 0) is 11.3 Å². The van der Waals surface area contributed by atoms with Gasteiger partial charge in [-0.1, -0.05) is 30.3 Å². The molecular weight excluding hydrogens is 294 g/mol. The molecule has 1 aromatic heterocycles. The highest BCUT2D eigenvalue weighted by Gasteiger charge is 2.32. The number of aromatic amines is 1. The molecule has 1 atom stereocenters. The molecule has 0 radical (unpaired) electrons. The molecule has 0 unspecified atom stereocenters. The monoisotopic (exact) mass is 311 g/mol. The lowest BCUT2D eigenvalue weighted by Gasteiger charge is -2.17. The standard InChI is InChI=1S/C17H17N3O3/c21-15-7-6-13(10-18-15)16(22)19-14-8-9-20(17(14)23)11-12-4-2-1-3-5-12/h1-7,10,14H,8-9,11H2,(H,18,21)(H,19,22)/t14-/m1/s1. The van der Waals surface area contributed by atoms with Crippen LogP contribution in [0.1, 0.15) is 22.3 Å². The number of benzene rings is 1. The predicted octanol–water partition coefficient (Wildman–Crippen LogP) is 0.906. The fourth-order valence-corrected chi connectivity index (χ4v) is 2.63. The molecule has 6 nitrogen and oxygen atoms in total. The lowest BCUT2D eigenvalue weighted by Crippen LogP contribution is -2.41. The summed E-state index contributed by atoms with van der Waals surface area (Å²) in [5.74, 6) is -0.437. The highest BCUT2D eigenvalue weighted by atomic mass is 16.2. The molecule has 0 aliphatic carbocycles. The second kappa shape index (κ2) is 6.48. The Bertz CT molecular complexity index is 750. The third-order valence-electron chi connectivity index (χ3n) is 3.87. The Kier molecular flexibility index (Phi) is 4.23. The van der Waals surface area contributed by atoms with E-state index in [1.54, 1.807) is 4.90 Å². The number of carbonyl (C=O) groups is 2. The molecule has 2 N–H and O–H groups in total. The lowest BCUT2D eigenvalue weighted by atomic mass is 10.2. The number of nitrogens with one attached hydrogen (secondary N) is 2. The van der Waals surface area contributed by atoms with Crippen LogP contribution in [0.2, 0.25) is 0 Å². The third-order valence-corrected chi connectivity index (χ3v) is 3.87. The van der Waals surface area contributed by atoms with E-state index < -0.39 is 6.04 Å². The quantitative estimate of drug-likeness (QED) is 0.880. The maximum atomic E-state index is 12.4. The van der Waals surface area contributed by atoms with Crippen LogP contribution in [0.15, 0.2) is 53.5 Å². The Labute approximate surface area is 133 Å². The summed E-state index contributed by atoms with van der Waals surface area (Å²) in [5, 5.41) is 2.73. The molecule has 3 rings (SSSR count). The molecule has 23 heavy (non-hydrogen) atoms. The van der Waals surface area contributed by atoms with Crippen molar-refractivity contribution in [3.05, 3.63) is 70.1 Å². The molecule has 1 aliphatic rings. The first kappa shape index (κ1) is 15.0. The first-order valence-electron chi connectivity index (χ1n) is 7.46. The molecule has 2 aromatic rings. The summed E-state index contributed by atoms with van der Waals surface area (Å²) < 4.78 is 0. The highest BCUT2D eigenvalue weighted by molar-refractivity contribution is 5.97. The number of likely N-dealkylation sites (tertiary alicyclic amines) is 1. The van der Waals surface area contributed by atoms with E-state index in [4.69, 9.17) is 0 Å². The number of hydrogen-bond acceptors (Lipinski definition) is 3. The predicted molar refractivity (Wildman–Crippen MR) is 84.8 cm³/mol. The fraction of sp³-hybridized carbons (Fsp3) is 0.235. The fourth-order valence-electron chi connectivity index (χ4n) is 2.63. The van der Waals surface area contributed by atoms with Gasteiger partial charge in [-0.15, -0.1) is 0 Å². The Morgan fingerprint density at radius 2 is 1.96 bits per heavy atom. The van der Waals surface area contributed by atoms with Crippen molar-refractivity contribution < 1.29 is 9.59 Å². The molecule has 0 bridgehead atoms. The van der Waals surface area contributed by atoms with E-state index in [1.165, 1.54) is 18.3 Å². The molecule has 2 heterocycles. The van der Waals surface area contributed by atoms with Gasteiger partial charge in [0.05, 0.1) is 5.56 Å². The largest absolute Gasteiger partial charge is 0.340 e. The van der Waals surface area contributed by atoms with Crippen molar-refractivity contribution in [1.29, 1.82) is 0 Å². The van der Waals surface area contributed by atoms with Crippen LogP contribution >= 0.6 is 0 Å². The second-order valence-electron chi connectivity index (χ2n) is 5.50. The lowest BCUT2D eigenvalue weighted by molar-refractivity contribution is -0.129. The van der Waals surface area contributed by atoms with Gasteiger partial charge in [-0.3, -0.25) is 14.4 Å². The molecule has 1 aliphatic heterocycles. The van der Waals surface area contributed by atoms with Gasteiger partial charge < -0.3 is 15.2 Å². The zero-order valence-corrected chi connectivity index (χ0v) is 12.5. The van der Waals surface area contributed by atoms with Gasteiger partial charge in [-0.2, -0.15) is 0 Å². The van der Waals surface area contributed by atoms with Crippen LogP contribution in [0.4, 0.5) is 0 Å². The van der Waals surface area contributed by atoms with Crippen LogP contribution in [0.3, 0.4) is 0 Å². The van der Waals surface area contributed by atoms with E-state index in [9.17, 15) is 14.4 Å². The van der Waals surface area contributed by atoms with Crippen molar-refractivity contribution in [2.24, 2.45) is 0 Å². The van der Waals surface area contributed by atoms with E-state index in [0.29, 0.717) is 25.1 Å². The molecule has 1 saturated heterocycles. The summed E-state index contributed by atoms with van der Waals surface area (Å²) in [4.78, 5) is 39.7. The van der Waals surface area contributed by atoms with Gasteiger partial charge in [0.1, 0.15) is 6.04 Å². The van der Waals surface area contributed by atoms with Gasteiger partial charge in [-0.25, -0.2) is 0 Å². The van der Waals surface area contributed by atoms with Gasteiger partial charge in [0, 0.05) is 25.4 Å². The van der Waals surface area contributed by atoms with Gasteiger partial charge in [0.15, 0.2) is 0 Å². The highest BCUT2D eigenvalue weighted by Crippen LogP contribution is 2.15. The maximum Gasteiger partial charge on any atom is 0.253 e. The number of pyridine rings is 1. The molecular formula is C17H17N3O3. The zero-order valence-electron chi connectivity index (χ0n) is 12.5. The summed E-state index contributed by atoms with van der Waals surface area (Å²) in [6.45, 7) is 1.16. The number of H-pyrrole nitrogens is 1. The van der Waals surface area contributed by atoms with E-state index in [1.807, 2.05) is 30.3 Å². The van der Waals surface area contributed by atoms with E-state index in [-0.39, 0.29) is 17.4 Å². The molecule has 2 amide bonds. The van der Waals surface area contributed by atoms with Crippen molar-refractivity contribution in [3.63, 3.8) is 0 Å². The summed E-state index contributed by atoms with van der Waals surface area (Å²) in [6.07, 6.45) is 1.93. The SMILES string of the molecule is O=C(N[C@@H]1CCN(Cc2ccccc2)C1=O)c1ccc(=O)[nH]c1. The number of rotatable bonds is 4. The van der Waals surface area contributed by atoms with E-state index >= 15 is 0 Å². The summed E-state index contributed by atoms with van der Waals surface area (Å²) in [6, 6.07) is 12.0. The van der Waals surface area contributed by atoms with E-state index in [0.717, 1.165) is 5.56 Å². The van der Waals surface area contributed by atoms with Gasteiger partial charge in [0.25, 0.3) is 5.91 Å². The summed E-state index contributed by atoms with van der Waals surface area (Å²) >= 11 is 0. The van der Waals surface area contributed by atoms with Gasteiger partial charge >= 0.3 is 0 Å².